The van der Waals surface area contributed by atoms with Crippen molar-refractivity contribution in [3.8, 4) is 34.5 Å². The molecule has 4 heterocycles. The summed E-state index contributed by atoms with van der Waals surface area (Å²) < 4.78 is 102. The molecular formula is C104H131F3O12S6+6. The van der Waals surface area contributed by atoms with Gasteiger partial charge in [-0.3, -0.25) is 0 Å². The third kappa shape index (κ3) is 30.1. The predicted octanol–water partition coefficient (Wildman–Crippen LogP) is 24.2. The Hall–Kier alpha value is -7.35. The molecule has 12 nitrogen and oxygen atoms in total. The normalized spacial score (nSPS) is 14.4. The molecule has 0 bridgehead atoms. The first kappa shape index (κ1) is 98.2. The van der Waals surface area contributed by atoms with E-state index in [4.69, 9.17) is 56.8 Å². The van der Waals surface area contributed by atoms with Gasteiger partial charge in [0.25, 0.3) is 0 Å². The van der Waals surface area contributed by atoms with Crippen molar-refractivity contribution in [1.82, 2.24) is 0 Å². The second-order valence-electron chi connectivity index (χ2n) is 30.8. The monoisotopic (exact) mass is 1820 g/mol. The molecule has 0 spiro atoms. The van der Waals surface area contributed by atoms with Crippen molar-refractivity contribution >= 4 is 132 Å². The summed E-state index contributed by atoms with van der Waals surface area (Å²) in [5.74, 6) is 18.0. The average Bonchev–Trinajstić information content (AvgIpc) is 1.75. The summed E-state index contributed by atoms with van der Waals surface area (Å²) in [5.41, 5.74) is 0. The lowest BCUT2D eigenvalue weighted by molar-refractivity contribution is -0.153. The van der Waals surface area contributed by atoms with Gasteiger partial charge in [-0.05, 0) is 193 Å². The molecule has 0 atom stereocenters. The molecule has 0 aromatic heterocycles. The number of fused-ring (bicyclic) bond motifs is 6. The van der Waals surface area contributed by atoms with Crippen LogP contribution in [0.3, 0.4) is 0 Å². The molecule has 4 aliphatic rings. The second-order valence-corrected chi connectivity index (χ2v) is 42.3. The lowest BCUT2D eigenvalue weighted by Crippen LogP contribution is -2.19. The van der Waals surface area contributed by atoms with Crippen LogP contribution >= 0.6 is 0 Å². The average molecular weight is 1820 g/mol. The minimum Gasteiger partial charge on any atom is -0.491 e. The van der Waals surface area contributed by atoms with Crippen LogP contribution in [0.25, 0.3) is 64.6 Å². The van der Waals surface area contributed by atoms with Gasteiger partial charge in [-0.15, -0.1) is 0 Å². The van der Waals surface area contributed by atoms with Gasteiger partial charge in [0.05, 0.1) is 33.0 Å². The van der Waals surface area contributed by atoms with Gasteiger partial charge in [0.1, 0.15) is 112 Å². The molecule has 125 heavy (non-hydrogen) atoms. The van der Waals surface area contributed by atoms with E-state index >= 15 is 0 Å². The molecule has 4 fully saturated rings. The summed E-state index contributed by atoms with van der Waals surface area (Å²) in [6, 6.07) is 75.7. The molecule has 0 unspecified atom stereocenters. The van der Waals surface area contributed by atoms with Crippen molar-refractivity contribution in [2.75, 3.05) is 166 Å². The van der Waals surface area contributed by atoms with E-state index in [-0.39, 0.29) is 17.7 Å². The van der Waals surface area contributed by atoms with Crippen molar-refractivity contribution < 1.29 is 70.0 Å². The number of rotatable bonds is 37. The Bertz CT molecular complexity index is 5150. The zero-order chi connectivity index (χ0) is 87.5. The summed E-state index contributed by atoms with van der Waals surface area (Å²) in [5, 5.41) is 14.5. The highest BCUT2D eigenvalue weighted by Gasteiger charge is 2.34. The molecule has 16 rings (SSSR count). The molecule has 0 saturated carbocycles. The van der Waals surface area contributed by atoms with E-state index in [0.29, 0.717) is 98.1 Å². The quantitative estimate of drug-likeness (QED) is 0.0160. The van der Waals surface area contributed by atoms with Gasteiger partial charge < -0.3 is 56.8 Å². The van der Waals surface area contributed by atoms with Gasteiger partial charge in [-0.1, -0.05) is 136 Å². The largest absolute Gasteiger partial charge is 0.491 e. The topological polar surface area (TPSA) is 111 Å². The molecule has 4 saturated heterocycles. The number of hydrogen-bond donors (Lipinski definition) is 0. The van der Waals surface area contributed by atoms with E-state index in [0.717, 1.165) is 39.5 Å². The van der Waals surface area contributed by atoms with Crippen LogP contribution in [-0.2, 0) is 95.5 Å². The number of unbranched alkanes of at least 4 members (excludes halogenated alkanes) is 4. The number of methoxy groups -OCH3 is 5. The molecule has 670 valence electrons. The SMILES string of the molecule is CCCCC[SH+]c1ccc(OCCOC)c2ccccc12.CCCCC[SH+]c1ccc(OCOC)c2ccccc12.COCCOCCOc1ccc([S+]2CCCCC2)c2ccccc12.COCCOc1ccc([S+]2CCCC2)c2ccccc12.COCOc1ccc([S+]2CCCC2)c2ccccc12.FC(F)(F)COc1ccc([S+]2CCCC2)c2ccccc12. The Morgan fingerprint density at radius 2 is 0.520 bits per heavy atom. The van der Waals surface area contributed by atoms with Crippen LogP contribution in [-0.4, -0.2) is 172 Å². The Kier molecular flexibility index (Phi) is 43.1. The van der Waals surface area contributed by atoms with Gasteiger partial charge >= 0.3 is 6.18 Å². The Morgan fingerprint density at radius 1 is 0.264 bits per heavy atom. The maximum absolute atomic E-state index is 12.3. The molecule has 12 aromatic rings. The first-order valence-corrected chi connectivity index (χ1v) is 52.9. The maximum Gasteiger partial charge on any atom is 0.422 e. The van der Waals surface area contributed by atoms with Crippen LogP contribution in [0.5, 0.6) is 34.5 Å². The first-order valence-electron chi connectivity index (χ1n) is 44.5. The number of ether oxygens (including phenoxy) is 12. The summed E-state index contributed by atoms with van der Waals surface area (Å²) >= 11 is 2.82. The van der Waals surface area contributed by atoms with Crippen molar-refractivity contribution in [2.45, 2.75) is 146 Å². The van der Waals surface area contributed by atoms with Crippen molar-refractivity contribution in [1.29, 1.82) is 0 Å². The smallest absolute Gasteiger partial charge is 0.422 e. The van der Waals surface area contributed by atoms with Crippen LogP contribution in [0, 0.1) is 0 Å². The summed E-state index contributed by atoms with van der Waals surface area (Å²) in [4.78, 5) is 8.62. The molecule has 0 radical (unpaired) electrons. The maximum atomic E-state index is 12.3. The Morgan fingerprint density at radius 3 is 0.824 bits per heavy atom. The number of benzene rings is 12. The molecular weight excluding hydrogens is 1690 g/mol. The van der Waals surface area contributed by atoms with Crippen LogP contribution in [0.15, 0.2) is 248 Å². The van der Waals surface area contributed by atoms with Gasteiger partial charge in [0.15, 0.2) is 49.6 Å². The molecule has 0 N–H and O–H groups in total. The van der Waals surface area contributed by atoms with Crippen LogP contribution in [0.4, 0.5) is 13.2 Å². The molecule has 0 amide bonds. The van der Waals surface area contributed by atoms with Crippen LogP contribution in [0.2, 0.25) is 0 Å². The lowest BCUT2D eigenvalue weighted by Gasteiger charge is -2.16. The zero-order valence-electron chi connectivity index (χ0n) is 74.3. The fourth-order valence-corrected chi connectivity index (χ4v) is 28.0. The van der Waals surface area contributed by atoms with Crippen molar-refractivity contribution in [3.63, 3.8) is 0 Å². The Balaban J connectivity index is 0.000000146. The van der Waals surface area contributed by atoms with Gasteiger partial charge in [0, 0.05) is 167 Å². The highest BCUT2D eigenvalue weighted by molar-refractivity contribution is 7.98. The summed E-state index contributed by atoms with van der Waals surface area (Å²) in [7, 11) is 9.87. The van der Waals surface area contributed by atoms with Gasteiger partial charge in [-0.2, -0.15) is 13.2 Å². The fourth-order valence-electron chi connectivity index (χ4n) is 15.7. The summed E-state index contributed by atoms with van der Waals surface area (Å²) in [6.45, 7) is 8.66. The van der Waals surface area contributed by atoms with E-state index in [1.54, 1.807) is 41.6 Å². The van der Waals surface area contributed by atoms with E-state index in [1.165, 1.54) is 261 Å². The van der Waals surface area contributed by atoms with E-state index < -0.39 is 12.8 Å². The van der Waals surface area contributed by atoms with Gasteiger partial charge in [-0.25, -0.2) is 0 Å². The third-order valence-electron chi connectivity index (χ3n) is 21.9. The molecule has 21 heteroatoms. The van der Waals surface area contributed by atoms with Crippen LogP contribution in [0.1, 0.15) is 110 Å². The molecule has 4 aliphatic heterocycles. The van der Waals surface area contributed by atoms with Crippen molar-refractivity contribution in [3.05, 3.63) is 218 Å². The van der Waals surface area contributed by atoms with Crippen molar-refractivity contribution in [2.24, 2.45) is 0 Å². The Labute approximate surface area is 760 Å². The van der Waals surface area contributed by atoms with Crippen LogP contribution < -0.4 is 28.4 Å². The number of halogens is 3. The number of hydrogen-bond acceptors (Lipinski definition) is 12. The lowest BCUT2D eigenvalue weighted by atomic mass is 10.1. The standard InChI is InChI=1S/C20H27O3S.C18H24O2S.C17H21O2S.C17H22O2S.C16H16F3OS.C16H19O2S/c1-21-11-12-22-13-14-23-19-9-10-20(24-15-5-2-6-16-24)18-8-4-3-7-17(18)19;1-3-4-7-14-21-18-11-10-17(20-13-12-19-2)15-8-5-6-9-16(15)18;1-18-10-11-19-16-8-9-17(20-12-4-5-13-20)15-7-3-2-6-14(15)16;1-3-4-7-12-20-17-11-10-16(19-13-18-2)14-8-5-6-9-15(14)17;17-16(18,19)11-20-14-7-8-15(21-9-3-4-10-21)13-6-2-1-5-12(13)14;1-17-12-18-15-8-9-16(19-10-4-5-11-19)14-7-3-2-6-13(14)15/h3-4,7-10H,2,5-6,11-16H2,1H3;5-6,8-11H,3-4,7,12-14H2,1-2H3;2-3,6-9H,4-5,10-13H2,1H3;5-6,8-11H,3-4,7,12-13H2,1-2H3;1-2,5-8H,3-4,9-11H2;2-3,6-9H,4-5,10-12H2,1H3/q+1;;+1;;2*+1/p+2. The number of thiol groups is 2. The number of alkyl halides is 3. The van der Waals surface area contributed by atoms with E-state index in [9.17, 15) is 13.2 Å². The third-order valence-corrected chi connectivity index (χ3v) is 34.6. The highest BCUT2D eigenvalue weighted by atomic mass is 32.2. The fraction of sp³-hybridized carbons (Fsp3) is 0.423. The first-order chi connectivity index (χ1) is 61.5. The predicted molar refractivity (Wildman–Crippen MR) is 529 cm³/mol. The molecule has 0 aliphatic carbocycles. The zero-order valence-corrected chi connectivity index (χ0v) is 79.4. The van der Waals surface area contributed by atoms with E-state index in [2.05, 4.69) is 196 Å². The second kappa shape index (κ2) is 54.9. The summed E-state index contributed by atoms with van der Waals surface area (Å²) in [6.07, 6.45) is 15.6. The van der Waals surface area contributed by atoms with Gasteiger partial charge in [0.2, 0.25) is 0 Å². The molecule has 12 aromatic carbocycles. The highest BCUT2D eigenvalue weighted by Crippen LogP contribution is 2.41. The minimum absolute atomic E-state index is 0.228. The van der Waals surface area contributed by atoms with E-state index in [1.807, 2.05) is 30.3 Å². The minimum atomic E-state index is -4.31.